The quantitative estimate of drug-likeness (QED) is 0.727. The minimum atomic E-state index is 0.0150. The molecule has 1 heterocycles. The first-order chi connectivity index (χ1) is 6.20. The average Bonchev–Trinajstić information content (AvgIpc) is 2.55. The lowest BCUT2D eigenvalue weighted by molar-refractivity contribution is 0.496. The van der Waals surface area contributed by atoms with Crippen LogP contribution in [-0.2, 0) is 0 Å². The van der Waals surface area contributed by atoms with E-state index in [-0.39, 0.29) is 6.04 Å². The second-order valence-electron chi connectivity index (χ2n) is 3.80. The minimum Gasteiger partial charge on any atom is -0.321 e. The van der Waals surface area contributed by atoms with E-state index in [0.717, 1.165) is 24.6 Å². The molecule has 1 aromatic heterocycles. The molecule has 13 heavy (non-hydrogen) atoms. The fraction of sp³-hybridized carbons (Fsp3) is 0.778. The Morgan fingerprint density at radius 1 is 1.46 bits per heavy atom. The molecule has 0 aromatic carbocycles. The van der Waals surface area contributed by atoms with Crippen molar-refractivity contribution < 1.29 is 0 Å². The van der Waals surface area contributed by atoms with Gasteiger partial charge in [-0.05, 0) is 12.3 Å². The molecule has 0 fully saturated rings. The molecule has 0 aliphatic carbocycles. The van der Waals surface area contributed by atoms with Crippen LogP contribution < -0.4 is 5.73 Å². The number of hydrogen-bond donors (Lipinski definition) is 2. The largest absolute Gasteiger partial charge is 0.321 e. The Hall–Kier alpha value is -0.900. The molecule has 74 valence electrons. The van der Waals surface area contributed by atoms with Crippen molar-refractivity contribution in [3.05, 3.63) is 12.2 Å². The Morgan fingerprint density at radius 3 is 2.77 bits per heavy atom. The van der Waals surface area contributed by atoms with Crippen molar-refractivity contribution in [2.45, 2.75) is 39.2 Å². The molecular weight excluding hydrogens is 164 g/mol. The maximum absolute atomic E-state index is 5.89. The molecule has 0 saturated carbocycles. The SMILES string of the molecule is CC(C)CCCC(N)c1ncn[nH]1. The van der Waals surface area contributed by atoms with Crippen LogP contribution in [0.25, 0.3) is 0 Å². The summed E-state index contributed by atoms with van der Waals surface area (Å²) in [6.45, 7) is 4.44. The number of aromatic amines is 1. The maximum atomic E-state index is 5.89. The summed E-state index contributed by atoms with van der Waals surface area (Å²) < 4.78 is 0. The first kappa shape index (κ1) is 10.2. The molecule has 1 aromatic rings. The zero-order chi connectivity index (χ0) is 9.68. The molecule has 0 spiro atoms. The second-order valence-corrected chi connectivity index (χ2v) is 3.80. The monoisotopic (exact) mass is 182 g/mol. The van der Waals surface area contributed by atoms with Crippen molar-refractivity contribution in [1.29, 1.82) is 0 Å². The Morgan fingerprint density at radius 2 is 2.23 bits per heavy atom. The molecule has 0 aliphatic rings. The molecule has 0 saturated heterocycles. The van der Waals surface area contributed by atoms with Gasteiger partial charge in [0.1, 0.15) is 12.2 Å². The van der Waals surface area contributed by atoms with Crippen molar-refractivity contribution in [3.63, 3.8) is 0 Å². The van der Waals surface area contributed by atoms with Crippen LogP contribution in [0.4, 0.5) is 0 Å². The highest BCUT2D eigenvalue weighted by atomic mass is 15.2. The Bertz CT molecular complexity index is 218. The molecule has 0 radical (unpaired) electrons. The second kappa shape index (κ2) is 4.97. The van der Waals surface area contributed by atoms with Crippen molar-refractivity contribution >= 4 is 0 Å². The van der Waals surface area contributed by atoms with Gasteiger partial charge in [-0.25, -0.2) is 4.98 Å². The Labute approximate surface area is 78.9 Å². The highest BCUT2D eigenvalue weighted by Gasteiger charge is 2.08. The summed E-state index contributed by atoms with van der Waals surface area (Å²) in [5.41, 5.74) is 5.89. The van der Waals surface area contributed by atoms with Crippen molar-refractivity contribution in [2.75, 3.05) is 0 Å². The van der Waals surface area contributed by atoms with Crippen LogP contribution >= 0.6 is 0 Å². The summed E-state index contributed by atoms with van der Waals surface area (Å²) in [6, 6.07) is 0.0150. The molecule has 4 nitrogen and oxygen atoms in total. The number of hydrogen-bond acceptors (Lipinski definition) is 3. The van der Waals surface area contributed by atoms with Crippen LogP contribution in [0.2, 0.25) is 0 Å². The van der Waals surface area contributed by atoms with Crippen molar-refractivity contribution in [3.8, 4) is 0 Å². The van der Waals surface area contributed by atoms with Gasteiger partial charge in [0.2, 0.25) is 0 Å². The van der Waals surface area contributed by atoms with Gasteiger partial charge in [0.05, 0.1) is 6.04 Å². The first-order valence-electron chi connectivity index (χ1n) is 4.81. The highest BCUT2D eigenvalue weighted by Crippen LogP contribution is 2.14. The van der Waals surface area contributed by atoms with Gasteiger partial charge in [-0.15, -0.1) is 0 Å². The van der Waals surface area contributed by atoms with E-state index in [9.17, 15) is 0 Å². The van der Waals surface area contributed by atoms with Gasteiger partial charge >= 0.3 is 0 Å². The molecule has 1 unspecified atom stereocenters. The number of nitrogens with two attached hydrogens (primary N) is 1. The molecule has 0 amide bonds. The zero-order valence-electron chi connectivity index (χ0n) is 8.33. The molecule has 0 bridgehead atoms. The lowest BCUT2D eigenvalue weighted by atomic mass is 10.0. The summed E-state index contributed by atoms with van der Waals surface area (Å²) in [5.74, 6) is 1.55. The number of nitrogens with one attached hydrogen (secondary N) is 1. The molecule has 1 rings (SSSR count). The predicted octanol–water partition coefficient (Wildman–Crippen LogP) is 1.63. The van der Waals surface area contributed by atoms with Gasteiger partial charge in [-0.2, -0.15) is 5.10 Å². The minimum absolute atomic E-state index is 0.0150. The third kappa shape index (κ3) is 3.55. The van der Waals surface area contributed by atoms with Gasteiger partial charge in [0, 0.05) is 0 Å². The van der Waals surface area contributed by atoms with Gasteiger partial charge in [0.15, 0.2) is 0 Å². The van der Waals surface area contributed by atoms with Crippen LogP contribution in [0.5, 0.6) is 0 Å². The van der Waals surface area contributed by atoms with E-state index in [1.165, 1.54) is 12.7 Å². The van der Waals surface area contributed by atoms with E-state index in [0.29, 0.717) is 0 Å². The summed E-state index contributed by atoms with van der Waals surface area (Å²) >= 11 is 0. The van der Waals surface area contributed by atoms with Gasteiger partial charge in [-0.1, -0.05) is 26.7 Å². The summed E-state index contributed by atoms with van der Waals surface area (Å²) in [5, 5.41) is 6.56. The standard InChI is InChI=1S/C9H18N4/c1-7(2)4-3-5-8(10)9-11-6-12-13-9/h6-8H,3-5,10H2,1-2H3,(H,11,12,13). The van der Waals surface area contributed by atoms with Gasteiger partial charge in [0.25, 0.3) is 0 Å². The van der Waals surface area contributed by atoms with E-state index in [4.69, 9.17) is 5.73 Å². The van der Waals surface area contributed by atoms with Crippen LogP contribution in [0.15, 0.2) is 6.33 Å². The van der Waals surface area contributed by atoms with Crippen molar-refractivity contribution in [2.24, 2.45) is 11.7 Å². The molecule has 1 atom stereocenters. The molecular formula is C9H18N4. The van der Waals surface area contributed by atoms with Crippen LogP contribution in [0, 0.1) is 5.92 Å². The topological polar surface area (TPSA) is 67.6 Å². The third-order valence-electron chi connectivity index (χ3n) is 2.08. The summed E-state index contributed by atoms with van der Waals surface area (Å²) in [6.07, 6.45) is 4.85. The first-order valence-corrected chi connectivity index (χ1v) is 4.81. The molecule has 4 heteroatoms. The lowest BCUT2D eigenvalue weighted by Gasteiger charge is -2.08. The summed E-state index contributed by atoms with van der Waals surface area (Å²) in [4.78, 5) is 4.02. The average molecular weight is 182 g/mol. The lowest BCUT2D eigenvalue weighted by Crippen LogP contribution is -2.12. The van der Waals surface area contributed by atoms with Crippen LogP contribution in [-0.4, -0.2) is 15.2 Å². The number of nitrogens with zero attached hydrogens (tertiary/aromatic N) is 2. The predicted molar refractivity (Wildman–Crippen MR) is 52.0 cm³/mol. The number of aromatic nitrogens is 3. The Kier molecular flexibility index (Phi) is 3.89. The van der Waals surface area contributed by atoms with Crippen LogP contribution in [0.1, 0.15) is 45.0 Å². The van der Waals surface area contributed by atoms with E-state index >= 15 is 0 Å². The van der Waals surface area contributed by atoms with Gasteiger partial charge < -0.3 is 5.73 Å². The third-order valence-corrected chi connectivity index (χ3v) is 2.08. The molecule has 0 aliphatic heterocycles. The maximum Gasteiger partial charge on any atom is 0.141 e. The highest BCUT2D eigenvalue weighted by molar-refractivity contribution is 4.88. The normalized spacial score (nSPS) is 13.5. The fourth-order valence-electron chi connectivity index (χ4n) is 1.28. The van der Waals surface area contributed by atoms with Gasteiger partial charge in [-0.3, -0.25) is 5.10 Å². The van der Waals surface area contributed by atoms with Crippen molar-refractivity contribution in [1.82, 2.24) is 15.2 Å². The fourth-order valence-corrected chi connectivity index (χ4v) is 1.28. The van der Waals surface area contributed by atoms with E-state index < -0.39 is 0 Å². The van der Waals surface area contributed by atoms with E-state index in [2.05, 4.69) is 29.0 Å². The summed E-state index contributed by atoms with van der Waals surface area (Å²) in [7, 11) is 0. The number of H-pyrrole nitrogens is 1. The molecule has 3 N–H and O–H groups in total. The van der Waals surface area contributed by atoms with E-state index in [1.807, 2.05) is 0 Å². The van der Waals surface area contributed by atoms with E-state index in [1.54, 1.807) is 0 Å². The smallest absolute Gasteiger partial charge is 0.141 e. The Balaban J connectivity index is 2.22. The van der Waals surface area contributed by atoms with Crippen LogP contribution in [0.3, 0.4) is 0 Å². The zero-order valence-corrected chi connectivity index (χ0v) is 8.33. The number of rotatable bonds is 5.